The first kappa shape index (κ1) is 24.7. The van der Waals surface area contributed by atoms with Crippen molar-refractivity contribution < 1.29 is 9.47 Å². The topological polar surface area (TPSA) is 85.7 Å². The Hall–Kier alpha value is -2.44. The molecule has 1 heterocycles. The molecule has 34 heavy (non-hydrogen) atoms. The predicted octanol–water partition coefficient (Wildman–Crippen LogP) is 5.68. The highest BCUT2D eigenvalue weighted by molar-refractivity contribution is 14.1. The minimum atomic E-state index is -0.611. The number of ether oxygens (including phenoxy) is 2. The fraction of sp³-hybridized carbons (Fsp3) is 0.125. The molecule has 0 atom stereocenters. The number of halogens is 3. The Bertz CT molecular complexity index is 1510. The van der Waals surface area contributed by atoms with Gasteiger partial charge in [-0.1, -0.05) is 50.1 Å². The summed E-state index contributed by atoms with van der Waals surface area (Å²) in [6.45, 7) is 2.68. The molecule has 0 amide bonds. The molecule has 4 rings (SSSR count). The summed E-state index contributed by atoms with van der Waals surface area (Å²) in [6.07, 6.45) is 1.45. The van der Waals surface area contributed by atoms with Gasteiger partial charge in [0.2, 0.25) is 0 Å². The first-order valence-corrected chi connectivity index (χ1v) is 12.9. The number of nitrogens with zero attached hydrogens (tertiary/aromatic N) is 2. The fourth-order valence-electron chi connectivity index (χ4n) is 3.24. The van der Waals surface area contributed by atoms with E-state index in [0.29, 0.717) is 41.2 Å². The molecule has 0 fully saturated rings. The second-order valence-corrected chi connectivity index (χ2v) is 10.1. The molecule has 0 aliphatic carbocycles. The van der Waals surface area contributed by atoms with Gasteiger partial charge < -0.3 is 14.5 Å². The van der Waals surface area contributed by atoms with Crippen LogP contribution in [0.15, 0.2) is 78.2 Å². The fourth-order valence-corrected chi connectivity index (χ4v) is 5.18. The molecule has 1 aromatic heterocycles. The van der Waals surface area contributed by atoms with Gasteiger partial charge in [0.05, 0.1) is 27.3 Å². The van der Waals surface area contributed by atoms with Crippen LogP contribution < -0.4 is 20.7 Å². The number of aromatic amines is 1. The van der Waals surface area contributed by atoms with Crippen molar-refractivity contribution in [2.75, 3.05) is 6.61 Å². The van der Waals surface area contributed by atoms with Crippen LogP contribution in [-0.2, 0) is 6.61 Å². The minimum absolute atomic E-state index is 0.346. The standard InChI is InChI=1S/C24H18Br2IN3O4/c1-2-33-21-10-14(9-19(27)22(21)34-13-15-7-8-16(25)11-18(15)26)12-28-30-23(31)17-5-3-4-6-20(17)29-24(30)32/h3-12H,2,13H2,1H3,(H,29,32). The lowest BCUT2D eigenvalue weighted by molar-refractivity contribution is 0.267. The molecule has 0 aliphatic rings. The number of benzene rings is 3. The Balaban J connectivity index is 1.65. The van der Waals surface area contributed by atoms with Gasteiger partial charge in [0.1, 0.15) is 6.61 Å². The maximum atomic E-state index is 12.7. The number of aromatic nitrogens is 2. The van der Waals surface area contributed by atoms with E-state index in [9.17, 15) is 9.59 Å². The third-order valence-corrected chi connectivity index (χ3v) is 6.86. The Morgan fingerprint density at radius 2 is 1.88 bits per heavy atom. The summed E-state index contributed by atoms with van der Waals surface area (Å²) in [7, 11) is 0. The summed E-state index contributed by atoms with van der Waals surface area (Å²) < 4.78 is 15.4. The van der Waals surface area contributed by atoms with E-state index in [0.717, 1.165) is 22.8 Å². The lowest BCUT2D eigenvalue weighted by Crippen LogP contribution is -2.32. The van der Waals surface area contributed by atoms with Gasteiger partial charge in [0, 0.05) is 14.5 Å². The van der Waals surface area contributed by atoms with E-state index in [1.54, 1.807) is 30.3 Å². The number of fused-ring (bicyclic) bond motifs is 1. The van der Waals surface area contributed by atoms with Gasteiger partial charge in [-0.25, -0.2) is 4.79 Å². The van der Waals surface area contributed by atoms with Crippen LogP contribution in [-0.4, -0.2) is 22.5 Å². The van der Waals surface area contributed by atoms with Crippen molar-refractivity contribution >= 4 is 71.6 Å². The van der Waals surface area contributed by atoms with Gasteiger partial charge in [-0.05, 0) is 71.5 Å². The van der Waals surface area contributed by atoms with Crippen LogP contribution in [0.3, 0.4) is 0 Å². The normalized spacial score (nSPS) is 11.3. The zero-order valence-corrected chi connectivity index (χ0v) is 23.2. The van der Waals surface area contributed by atoms with Crippen LogP contribution >= 0.6 is 54.5 Å². The van der Waals surface area contributed by atoms with Crippen molar-refractivity contribution in [2.24, 2.45) is 5.10 Å². The smallest absolute Gasteiger partial charge is 0.349 e. The molecular weight excluding hydrogens is 681 g/mol. The van der Waals surface area contributed by atoms with Gasteiger partial charge in [-0.3, -0.25) is 4.79 Å². The number of nitrogens with one attached hydrogen (secondary N) is 1. The molecule has 0 bridgehead atoms. The number of para-hydroxylation sites is 1. The van der Waals surface area contributed by atoms with Crippen LogP contribution in [0.2, 0.25) is 0 Å². The van der Waals surface area contributed by atoms with E-state index in [4.69, 9.17) is 9.47 Å². The minimum Gasteiger partial charge on any atom is -0.490 e. The van der Waals surface area contributed by atoms with Gasteiger partial charge in [0.25, 0.3) is 5.56 Å². The van der Waals surface area contributed by atoms with Crippen LogP contribution in [0.25, 0.3) is 10.9 Å². The summed E-state index contributed by atoms with van der Waals surface area (Å²) in [5, 5.41) is 4.52. The molecule has 10 heteroatoms. The zero-order chi connectivity index (χ0) is 24.2. The number of H-pyrrole nitrogens is 1. The van der Waals surface area contributed by atoms with Crippen molar-refractivity contribution in [3.8, 4) is 11.5 Å². The van der Waals surface area contributed by atoms with Gasteiger partial charge in [0.15, 0.2) is 11.5 Å². The van der Waals surface area contributed by atoms with E-state index in [1.165, 1.54) is 6.21 Å². The SMILES string of the molecule is CCOc1cc(C=Nn2c(=O)[nH]c3ccccc3c2=O)cc(I)c1OCc1ccc(Br)cc1Br. The van der Waals surface area contributed by atoms with Crippen molar-refractivity contribution in [3.63, 3.8) is 0 Å². The lowest BCUT2D eigenvalue weighted by atomic mass is 10.2. The monoisotopic (exact) mass is 697 g/mol. The van der Waals surface area contributed by atoms with Crippen LogP contribution in [0.5, 0.6) is 11.5 Å². The molecule has 7 nitrogen and oxygen atoms in total. The Morgan fingerprint density at radius 3 is 2.65 bits per heavy atom. The van der Waals surface area contributed by atoms with E-state index >= 15 is 0 Å². The molecule has 0 aliphatic heterocycles. The van der Waals surface area contributed by atoms with Crippen molar-refractivity contribution in [2.45, 2.75) is 13.5 Å². The van der Waals surface area contributed by atoms with Crippen LogP contribution in [0.4, 0.5) is 0 Å². The molecule has 0 spiro atoms. The van der Waals surface area contributed by atoms with Crippen molar-refractivity contribution in [1.29, 1.82) is 0 Å². The highest BCUT2D eigenvalue weighted by Gasteiger charge is 2.13. The molecule has 0 radical (unpaired) electrons. The second kappa shape index (κ2) is 10.9. The Labute approximate surface area is 225 Å². The quantitative estimate of drug-likeness (QED) is 0.199. The second-order valence-electron chi connectivity index (χ2n) is 7.12. The highest BCUT2D eigenvalue weighted by Crippen LogP contribution is 2.35. The number of hydrogen-bond acceptors (Lipinski definition) is 5. The number of rotatable bonds is 7. The molecule has 174 valence electrons. The average molecular weight is 699 g/mol. The molecule has 1 N–H and O–H groups in total. The molecule has 4 aromatic rings. The van der Waals surface area contributed by atoms with Crippen molar-refractivity contribution in [3.05, 3.63) is 99.1 Å². The molecule has 0 saturated heterocycles. The van der Waals surface area contributed by atoms with Crippen LogP contribution in [0.1, 0.15) is 18.1 Å². The highest BCUT2D eigenvalue weighted by atomic mass is 127. The first-order valence-electron chi connectivity index (χ1n) is 10.2. The third-order valence-electron chi connectivity index (χ3n) is 4.82. The van der Waals surface area contributed by atoms with E-state index < -0.39 is 11.2 Å². The summed E-state index contributed by atoms with van der Waals surface area (Å²) in [6, 6.07) is 16.3. The molecule has 3 aromatic carbocycles. The summed E-state index contributed by atoms with van der Waals surface area (Å²) in [5.74, 6) is 1.15. The summed E-state index contributed by atoms with van der Waals surface area (Å²) in [4.78, 5) is 27.7. The maximum absolute atomic E-state index is 12.7. The molecular formula is C24H18Br2IN3O4. The van der Waals surface area contributed by atoms with E-state index in [2.05, 4.69) is 64.5 Å². The Morgan fingerprint density at radius 1 is 1.09 bits per heavy atom. The maximum Gasteiger partial charge on any atom is 0.349 e. The lowest BCUT2D eigenvalue weighted by Gasteiger charge is -2.15. The van der Waals surface area contributed by atoms with E-state index in [-0.39, 0.29) is 0 Å². The van der Waals surface area contributed by atoms with Crippen molar-refractivity contribution in [1.82, 2.24) is 9.66 Å². The Kier molecular flexibility index (Phi) is 7.89. The summed E-state index contributed by atoms with van der Waals surface area (Å²) >= 11 is 9.17. The summed E-state index contributed by atoms with van der Waals surface area (Å²) in [5.41, 5.74) is 1.01. The van der Waals surface area contributed by atoms with Gasteiger partial charge in [-0.2, -0.15) is 5.10 Å². The first-order chi connectivity index (χ1) is 16.4. The molecule has 0 saturated carbocycles. The predicted molar refractivity (Wildman–Crippen MR) is 148 cm³/mol. The average Bonchev–Trinajstić information content (AvgIpc) is 2.80. The molecule has 0 unspecified atom stereocenters. The van der Waals surface area contributed by atoms with Gasteiger partial charge in [-0.15, -0.1) is 4.68 Å². The zero-order valence-electron chi connectivity index (χ0n) is 17.8. The van der Waals surface area contributed by atoms with E-state index in [1.807, 2.05) is 31.2 Å². The van der Waals surface area contributed by atoms with Gasteiger partial charge >= 0.3 is 5.69 Å². The largest absolute Gasteiger partial charge is 0.490 e. The number of hydrogen-bond donors (Lipinski definition) is 1. The third kappa shape index (κ3) is 5.44. The van der Waals surface area contributed by atoms with Crippen LogP contribution in [0, 0.1) is 3.57 Å².